The number of fused-ring (bicyclic) bond motifs is 5. The summed E-state index contributed by atoms with van der Waals surface area (Å²) in [4.78, 5) is 30.8. The van der Waals surface area contributed by atoms with Gasteiger partial charge in [0.25, 0.3) is 5.91 Å². The first-order valence-corrected chi connectivity index (χ1v) is 16.4. The van der Waals surface area contributed by atoms with Crippen LogP contribution in [0, 0.1) is 11.2 Å². The molecule has 0 spiro atoms. The number of phenolic OH excluding ortho intramolecular Hbond substituents is 1. The molecule has 2 aromatic carbocycles. The predicted octanol–water partition coefficient (Wildman–Crippen LogP) is 4.44. The van der Waals surface area contributed by atoms with E-state index in [2.05, 4.69) is 15.1 Å². The highest BCUT2D eigenvalue weighted by Gasteiger charge is 2.46. The fourth-order valence-corrected chi connectivity index (χ4v) is 8.00. The third-order valence-corrected chi connectivity index (χ3v) is 10.6. The van der Waals surface area contributed by atoms with Crippen LogP contribution in [0.4, 0.5) is 15.9 Å². The average molecular weight is 601 g/mol. The van der Waals surface area contributed by atoms with E-state index in [1.807, 2.05) is 6.92 Å². The molecule has 9 nitrogen and oxygen atoms in total. The van der Waals surface area contributed by atoms with Gasteiger partial charge in [0, 0.05) is 60.7 Å². The number of carbonyl (C=O) groups excluding carboxylic acids is 1. The number of anilines is 2. The molecule has 1 aromatic heterocycles. The van der Waals surface area contributed by atoms with E-state index in [4.69, 9.17) is 14.7 Å². The van der Waals surface area contributed by atoms with Gasteiger partial charge in [-0.15, -0.1) is 0 Å². The van der Waals surface area contributed by atoms with Crippen LogP contribution in [0.5, 0.6) is 11.8 Å². The lowest BCUT2D eigenvalue weighted by atomic mass is 9.91. The van der Waals surface area contributed by atoms with Crippen LogP contribution in [0.15, 0.2) is 24.3 Å². The third-order valence-electron chi connectivity index (χ3n) is 10.6. The van der Waals surface area contributed by atoms with Crippen LogP contribution < -0.4 is 19.9 Å². The lowest BCUT2D eigenvalue weighted by Gasteiger charge is -2.47. The van der Waals surface area contributed by atoms with Crippen molar-refractivity contribution in [1.29, 1.82) is 0 Å². The Bertz CT molecular complexity index is 1610. The Balaban J connectivity index is 1.17. The Hall–Kier alpha value is -3.50. The third kappa shape index (κ3) is 4.86. The van der Waals surface area contributed by atoms with Crippen LogP contribution in [0.1, 0.15) is 67.1 Å². The maximum atomic E-state index is 15.0. The number of piperazine rings is 1. The van der Waals surface area contributed by atoms with Crippen molar-refractivity contribution in [2.24, 2.45) is 5.41 Å². The van der Waals surface area contributed by atoms with Crippen molar-refractivity contribution in [2.45, 2.75) is 70.4 Å². The number of nitrogens with one attached hydrogen (secondary N) is 1. The summed E-state index contributed by atoms with van der Waals surface area (Å²) in [5.74, 6) is 0.279. The second-order valence-electron chi connectivity index (χ2n) is 13.6. The van der Waals surface area contributed by atoms with Crippen LogP contribution in [0.3, 0.4) is 0 Å². The summed E-state index contributed by atoms with van der Waals surface area (Å²) in [6.45, 7) is 7.95. The van der Waals surface area contributed by atoms with E-state index < -0.39 is 0 Å². The fraction of sp³-hybridized carbons (Fsp3) is 0.559. The molecule has 2 unspecified atom stereocenters. The fourth-order valence-electron chi connectivity index (χ4n) is 8.00. The number of carbonyl (C=O) groups is 1. The van der Waals surface area contributed by atoms with E-state index in [-0.39, 0.29) is 28.9 Å². The summed E-state index contributed by atoms with van der Waals surface area (Å²) >= 11 is 0. The van der Waals surface area contributed by atoms with E-state index in [9.17, 15) is 14.3 Å². The van der Waals surface area contributed by atoms with E-state index in [0.717, 1.165) is 69.8 Å². The van der Waals surface area contributed by atoms with Gasteiger partial charge in [-0.1, -0.05) is 13.0 Å². The molecule has 1 amide bonds. The summed E-state index contributed by atoms with van der Waals surface area (Å²) in [6.07, 6.45) is 8.06. The van der Waals surface area contributed by atoms with Crippen LogP contribution in [-0.4, -0.2) is 83.8 Å². The van der Waals surface area contributed by atoms with E-state index >= 15 is 0 Å². The van der Waals surface area contributed by atoms with E-state index in [0.29, 0.717) is 65.8 Å². The van der Waals surface area contributed by atoms with Crippen molar-refractivity contribution in [3.8, 4) is 11.8 Å². The Morgan fingerprint density at radius 3 is 2.68 bits per heavy atom. The zero-order valence-corrected chi connectivity index (χ0v) is 25.4. The molecule has 1 saturated carbocycles. The molecule has 2 atom stereocenters. The van der Waals surface area contributed by atoms with Crippen molar-refractivity contribution in [1.82, 2.24) is 20.2 Å². The summed E-state index contributed by atoms with van der Waals surface area (Å²) in [5, 5.41) is 15.6. The van der Waals surface area contributed by atoms with Gasteiger partial charge in [-0.25, -0.2) is 4.39 Å². The highest BCUT2D eigenvalue weighted by molar-refractivity contribution is 6.13. The van der Waals surface area contributed by atoms with Crippen LogP contribution in [0.2, 0.25) is 0 Å². The van der Waals surface area contributed by atoms with Crippen molar-refractivity contribution in [3.63, 3.8) is 0 Å². The van der Waals surface area contributed by atoms with E-state index in [1.54, 1.807) is 23.1 Å². The number of hydrogen-bond donors (Lipinski definition) is 2. The minimum Gasteiger partial charge on any atom is -0.508 e. The molecule has 2 bridgehead atoms. The highest BCUT2D eigenvalue weighted by Crippen LogP contribution is 2.47. The van der Waals surface area contributed by atoms with Crippen molar-refractivity contribution < 1.29 is 19.0 Å². The predicted molar refractivity (Wildman–Crippen MR) is 167 cm³/mol. The van der Waals surface area contributed by atoms with Gasteiger partial charge in [0.1, 0.15) is 23.1 Å². The molecule has 5 fully saturated rings. The monoisotopic (exact) mass is 600 g/mol. The maximum Gasteiger partial charge on any atom is 0.319 e. The Labute approximate surface area is 257 Å². The Morgan fingerprint density at radius 1 is 1.14 bits per heavy atom. The van der Waals surface area contributed by atoms with Gasteiger partial charge < -0.3 is 29.9 Å². The number of aryl methyl sites for hydroxylation is 1. The zero-order chi connectivity index (χ0) is 30.0. The van der Waals surface area contributed by atoms with Gasteiger partial charge in [0.2, 0.25) is 0 Å². The molecule has 44 heavy (non-hydrogen) atoms. The quantitative estimate of drug-likeness (QED) is 0.392. The second-order valence-corrected chi connectivity index (χ2v) is 13.6. The van der Waals surface area contributed by atoms with Gasteiger partial charge in [-0.2, -0.15) is 9.97 Å². The SMILES string of the molecule is CCc1c(F)ccc2cc(O)cc(N3CCc4c(nc(OCC5(CN6CCCC6)CC5)nc4N4CC5CCC4CN5)C3=O)c12. The van der Waals surface area contributed by atoms with Crippen molar-refractivity contribution in [2.75, 3.05) is 55.7 Å². The van der Waals surface area contributed by atoms with Crippen LogP contribution >= 0.6 is 0 Å². The number of aromatic hydroxyl groups is 1. The number of amides is 1. The number of aromatic nitrogens is 2. The number of nitrogens with zero attached hydrogens (tertiary/aromatic N) is 5. The molecule has 4 saturated heterocycles. The van der Waals surface area contributed by atoms with Crippen molar-refractivity contribution in [3.05, 3.63) is 46.9 Å². The maximum absolute atomic E-state index is 15.0. The summed E-state index contributed by atoms with van der Waals surface area (Å²) in [5.41, 5.74) is 2.39. The average Bonchev–Trinajstić information content (AvgIpc) is 3.61. The molecule has 2 N–H and O–H groups in total. The minimum atomic E-state index is -0.311. The zero-order valence-electron chi connectivity index (χ0n) is 25.4. The first-order valence-electron chi connectivity index (χ1n) is 16.4. The minimum absolute atomic E-state index is 0.0386. The van der Waals surface area contributed by atoms with Gasteiger partial charge >= 0.3 is 6.01 Å². The first-order chi connectivity index (χ1) is 21.4. The molecule has 6 aliphatic rings. The number of rotatable bonds is 8. The molecular formula is C34H41FN6O3. The number of hydrogen-bond acceptors (Lipinski definition) is 8. The van der Waals surface area contributed by atoms with Gasteiger partial charge in [0.15, 0.2) is 0 Å². The largest absolute Gasteiger partial charge is 0.508 e. The molecule has 5 aliphatic heterocycles. The Kier molecular flexibility index (Phi) is 6.90. The Morgan fingerprint density at radius 2 is 1.98 bits per heavy atom. The number of ether oxygens (including phenoxy) is 1. The topological polar surface area (TPSA) is 94.1 Å². The molecular weight excluding hydrogens is 559 g/mol. The highest BCUT2D eigenvalue weighted by atomic mass is 19.1. The van der Waals surface area contributed by atoms with Gasteiger partial charge in [-0.3, -0.25) is 4.79 Å². The molecule has 6 heterocycles. The van der Waals surface area contributed by atoms with Crippen LogP contribution in [0.25, 0.3) is 10.8 Å². The standard InChI is InChI=1S/C34H41FN6O3/c1-2-25-27(35)8-5-21-15-24(42)16-28(29(21)25)40-14-9-26-30(32(40)43)37-33(38-31(26)41-18-22-6-7-23(41)17-36-22)44-20-34(10-11-34)19-39-12-3-4-13-39/h5,8,15-16,22-23,36,42H,2-4,6-7,9-14,17-20H2,1H3. The lowest BCUT2D eigenvalue weighted by molar-refractivity contribution is 0.0972. The number of benzene rings is 2. The van der Waals surface area contributed by atoms with E-state index in [1.165, 1.54) is 18.9 Å². The first kappa shape index (κ1) is 28.0. The molecule has 10 heteroatoms. The van der Waals surface area contributed by atoms with Gasteiger partial charge in [0.05, 0.1) is 12.3 Å². The molecule has 0 radical (unpaired) electrons. The summed E-state index contributed by atoms with van der Waals surface area (Å²) in [7, 11) is 0. The summed E-state index contributed by atoms with van der Waals surface area (Å²) in [6, 6.07) is 7.28. The lowest BCUT2D eigenvalue weighted by Crippen LogP contribution is -2.61. The smallest absolute Gasteiger partial charge is 0.319 e. The molecule has 1 aliphatic carbocycles. The number of likely N-dealkylation sites (tertiary alicyclic amines) is 1. The molecule has 3 aromatic rings. The van der Waals surface area contributed by atoms with Gasteiger partial charge in [-0.05, 0) is 87.5 Å². The number of halogens is 1. The van der Waals surface area contributed by atoms with Crippen LogP contribution in [-0.2, 0) is 12.8 Å². The molecule has 232 valence electrons. The second kappa shape index (κ2) is 10.8. The summed E-state index contributed by atoms with van der Waals surface area (Å²) < 4.78 is 21.4. The normalized spacial score (nSPS) is 24.3. The number of phenols is 1. The van der Waals surface area contributed by atoms with Crippen molar-refractivity contribution >= 4 is 28.2 Å². The molecule has 9 rings (SSSR count). The number of piperidine rings is 2.